The molecule has 0 aliphatic heterocycles. The van der Waals surface area contributed by atoms with Crippen LogP contribution >= 0.6 is 23.1 Å². The molecule has 4 nitrogen and oxygen atoms in total. The van der Waals surface area contributed by atoms with Crippen LogP contribution in [0.1, 0.15) is 11.1 Å². The Morgan fingerprint density at radius 1 is 1.21 bits per heavy atom. The second-order valence-corrected chi connectivity index (χ2v) is 6.96. The van der Waals surface area contributed by atoms with Gasteiger partial charge in [-0.15, -0.1) is 0 Å². The number of hydrogen-bond donors (Lipinski definition) is 0. The van der Waals surface area contributed by atoms with Gasteiger partial charge in [0.2, 0.25) is 5.06 Å². The second-order valence-electron chi connectivity index (χ2n) is 5.82. The summed E-state index contributed by atoms with van der Waals surface area (Å²) in [6, 6.07) is 9.75. The number of rotatable bonds is 4. The topological polar surface area (TPSA) is 37.7 Å². The third-order valence-electron chi connectivity index (χ3n) is 3.55. The standard InChI is InChI=1S/C18H18ClN3OS/c1-11-9-16(12(2)8-15(11)20-10-22(3)4)23-18-13-6-5-7-14(19)17(13)21-24-18/h5-10H,1-4H3/b20-10-. The van der Waals surface area contributed by atoms with E-state index in [4.69, 9.17) is 16.3 Å². The normalized spacial score (nSPS) is 11.4. The Labute approximate surface area is 150 Å². The number of aliphatic imine (C=N–C) groups is 1. The second kappa shape index (κ2) is 6.79. The zero-order valence-corrected chi connectivity index (χ0v) is 15.6. The Kier molecular flexibility index (Phi) is 4.73. The maximum atomic E-state index is 6.18. The fourth-order valence-electron chi connectivity index (χ4n) is 2.28. The summed E-state index contributed by atoms with van der Waals surface area (Å²) in [6.45, 7) is 4.04. The molecule has 24 heavy (non-hydrogen) atoms. The van der Waals surface area contributed by atoms with Crippen LogP contribution in [-0.4, -0.2) is 29.7 Å². The molecule has 3 aromatic rings. The lowest BCUT2D eigenvalue weighted by Gasteiger charge is -2.11. The van der Waals surface area contributed by atoms with Gasteiger partial charge in [-0.05, 0) is 49.2 Å². The van der Waals surface area contributed by atoms with Crippen LogP contribution in [0.15, 0.2) is 35.3 Å². The van der Waals surface area contributed by atoms with Crippen LogP contribution in [0, 0.1) is 13.8 Å². The first-order valence-electron chi connectivity index (χ1n) is 7.49. The molecular weight excluding hydrogens is 342 g/mol. The molecule has 2 aromatic carbocycles. The van der Waals surface area contributed by atoms with Crippen LogP contribution in [0.5, 0.6) is 10.8 Å². The summed E-state index contributed by atoms with van der Waals surface area (Å²) in [4.78, 5) is 6.39. The van der Waals surface area contributed by atoms with Gasteiger partial charge in [0.1, 0.15) is 11.3 Å². The van der Waals surface area contributed by atoms with Gasteiger partial charge in [-0.1, -0.05) is 17.7 Å². The van der Waals surface area contributed by atoms with E-state index in [0.717, 1.165) is 38.5 Å². The highest BCUT2D eigenvalue weighted by Crippen LogP contribution is 2.39. The quantitative estimate of drug-likeness (QED) is 0.450. The van der Waals surface area contributed by atoms with Gasteiger partial charge in [-0.3, -0.25) is 0 Å². The maximum absolute atomic E-state index is 6.18. The van der Waals surface area contributed by atoms with E-state index in [9.17, 15) is 0 Å². The smallest absolute Gasteiger partial charge is 0.207 e. The molecule has 0 bridgehead atoms. The molecule has 0 saturated carbocycles. The highest BCUT2D eigenvalue weighted by atomic mass is 35.5. The van der Waals surface area contributed by atoms with Crippen molar-refractivity contribution in [2.45, 2.75) is 13.8 Å². The highest BCUT2D eigenvalue weighted by Gasteiger charge is 2.13. The summed E-state index contributed by atoms with van der Waals surface area (Å²) in [5.41, 5.74) is 3.79. The van der Waals surface area contributed by atoms with E-state index in [2.05, 4.69) is 9.37 Å². The lowest BCUT2D eigenvalue weighted by atomic mass is 10.1. The molecule has 0 aliphatic rings. The summed E-state index contributed by atoms with van der Waals surface area (Å²) in [7, 11) is 3.90. The lowest BCUT2D eigenvalue weighted by molar-refractivity contribution is 0.497. The van der Waals surface area contributed by atoms with Gasteiger partial charge < -0.3 is 9.64 Å². The minimum atomic E-state index is 0.639. The number of aromatic nitrogens is 1. The van der Waals surface area contributed by atoms with E-state index >= 15 is 0 Å². The van der Waals surface area contributed by atoms with E-state index in [1.807, 2.05) is 63.2 Å². The van der Waals surface area contributed by atoms with E-state index in [-0.39, 0.29) is 0 Å². The third kappa shape index (κ3) is 3.37. The van der Waals surface area contributed by atoms with E-state index in [1.54, 1.807) is 6.34 Å². The van der Waals surface area contributed by atoms with E-state index in [1.165, 1.54) is 11.5 Å². The first-order valence-corrected chi connectivity index (χ1v) is 8.64. The molecule has 0 aliphatic carbocycles. The Bertz CT molecular complexity index is 918. The van der Waals surface area contributed by atoms with Crippen molar-refractivity contribution in [2.24, 2.45) is 4.99 Å². The average Bonchev–Trinajstić information content (AvgIpc) is 2.94. The van der Waals surface area contributed by atoms with Crippen LogP contribution in [0.4, 0.5) is 5.69 Å². The van der Waals surface area contributed by atoms with Gasteiger partial charge in [0.05, 0.1) is 22.4 Å². The average molecular weight is 360 g/mol. The van der Waals surface area contributed by atoms with Crippen LogP contribution in [0.25, 0.3) is 10.9 Å². The van der Waals surface area contributed by atoms with E-state index in [0.29, 0.717) is 5.02 Å². The Morgan fingerprint density at radius 3 is 2.75 bits per heavy atom. The SMILES string of the molecule is Cc1cc(Oc2snc3c(Cl)cccc23)c(C)cc1/N=C\N(C)C. The van der Waals surface area contributed by atoms with Crippen LogP contribution < -0.4 is 4.74 Å². The summed E-state index contributed by atoms with van der Waals surface area (Å²) in [6.07, 6.45) is 1.79. The summed E-state index contributed by atoms with van der Waals surface area (Å²) in [5, 5.41) is 2.32. The van der Waals surface area contributed by atoms with Crippen molar-refractivity contribution in [3.63, 3.8) is 0 Å². The van der Waals surface area contributed by atoms with Crippen molar-refractivity contribution in [2.75, 3.05) is 14.1 Å². The van der Waals surface area contributed by atoms with Crippen LogP contribution in [0.3, 0.4) is 0 Å². The number of halogens is 1. The number of fused-ring (bicyclic) bond motifs is 1. The van der Waals surface area contributed by atoms with Crippen molar-refractivity contribution in [1.29, 1.82) is 0 Å². The molecule has 1 heterocycles. The van der Waals surface area contributed by atoms with Crippen molar-refractivity contribution < 1.29 is 4.74 Å². The number of nitrogens with zero attached hydrogens (tertiary/aromatic N) is 3. The monoisotopic (exact) mass is 359 g/mol. The van der Waals surface area contributed by atoms with Gasteiger partial charge in [-0.2, -0.15) is 4.37 Å². The molecule has 0 amide bonds. The van der Waals surface area contributed by atoms with Crippen molar-refractivity contribution >= 4 is 46.1 Å². The minimum absolute atomic E-state index is 0.639. The molecule has 0 spiro atoms. The molecule has 0 saturated heterocycles. The van der Waals surface area contributed by atoms with Crippen LogP contribution in [-0.2, 0) is 0 Å². The third-order valence-corrected chi connectivity index (χ3v) is 4.60. The fraction of sp³-hybridized carbons (Fsp3) is 0.222. The zero-order chi connectivity index (χ0) is 17.3. The molecule has 1 aromatic heterocycles. The first kappa shape index (κ1) is 16.7. The molecule has 0 unspecified atom stereocenters. The number of ether oxygens (including phenoxy) is 1. The lowest BCUT2D eigenvalue weighted by Crippen LogP contribution is -2.07. The van der Waals surface area contributed by atoms with Gasteiger partial charge >= 0.3 is 0 Å². The van der Waals surface area contributed by atoms with Gasteiger partial charge in [-0.25, -0.2) is 4.99 Å². The summed E-state index contributed by atoms with van der Waals surface area (Å²) < 4.78 is 10.5. The Balaban J connectivity index is 1.95. The van der Waals surface area contributed by atoms with Crippen molar-refractivity contribution in [3.05, 3.63) is 46.5 Å². The largest absolute Gasteiger partial charge is 0.444 e. The van der Waals surface area contributed by atoms with Gasteiger partial charge in [0, 0.05) is 25.6 Å². The maximum Gasteiger partial charge on any atom is 0.207 e. The Hall–Kier alpha value is -2.11. The zero-order valence-electron chi connectivity index (χ0n) is 14.0. The van der Waals surface area contributed by atoms with Crippen molar-refractivity contribution in [1.82, 2.24) is 9.27 Å². The molecule has 0 fully saturated rings. The summed E-state index contributed by atoms with van der Waals surface area (Å²) in [5.74, 6) is 0.807. The molecule has 6 heteroatoms. The molecule has 124 valence electrons. The highest BCUT2D eigenvalue weighted by molar-refractivity contribution is 7.09. The van der Waals surface area contributed by atoms with Crippen molar-refractivity contribution in [3.8, 4) is 10.8 Å². The Morgan fingerprint density at radius 2 is 2.00 bits per heavy atom. The van der Waals surface area contributed by atoms with Crippen LogP contribution in [0.2, 0.25) is 5.02 Å². The summed E-state index contributed by atoms with van der Waals surface area (Å²) >= 11 is 7.49. The van der Waals surface area contributed by atoms with Gasteiger partial charge in [0.25, 0.3) is 0 Å². The first-order chi connectivity index (χ1) is 11.5. The van der Waals surface area contributed by atoms with Gasteiger partial charge in [0.15, 0.2) is 0 Å². The minimum Gasteiger partial charge on any atom is -0.444 e. The number of benzene rings is 2. The molecule has 0 radical (unpaired) electrons. The molecular formula is C18H18ClN3OS. The number of hydrogen-bond acceptors (Lipinski definition) is 4. The molecule has 3 rings (SSSR count). The molecule has 0 atom stereocenters. The predicted molar refractivity (Wildman–Crippen MR) is 102 cm³/mol. The van der Waals surface area contributed by atoms with E-state index < -0.39 is 0 Å². The fourth-order valence-corrected chi connectivity index (χ4v) is 3.31. The predicted octanol–water partition coefficient (Wildman–Crippen LogP) is 5.58. The molecule has 0 N–H and O–H groups in total. The number of aryl methyl sites for hydroxylation is 2.